The summed E-state index contributed by atoms with van der Waals surface area (Å²) in [5, 5.41) is 4.06. The molecule has 0 radical (unpaired) electrons. The van der Waals surface area contributed by atoms with E-state index in [0.717, 1.165) is 18.1 Å². The van der Waals surface area contributed by atoms with E-state index in [4.69, 9.17) is 21.7 Å². The van der Waals surface area contributed by atoms with Gasteiger partial charge in [0.15, 0.2) is 5.11 Å². The molecule has 0 saturated heterocycles. The summed E-state index contributed by atoms with van der Waals surface area (Å²) in [5.74, 6) is 0. The zero-order chi connectivity index (χ0) is 13.3. The predicted octanol–water partition coefficient (Wildman–Crippen LogP) is 1.64. The highest BCUT2D eigenvalue weighted by molar-refractivity contribution is 7.80. The first-order valence-electron chi connectivity index (χ1n) is 6.11. The van der Waals surface area contributed by atoms with Gasteiger partial charge < -0.3 is 19.7 Å². The van der Waals surface area contributed by atoms with E-state index < -0.39 is 0 Å². The van der Waals surface area contributed by atoms with Crippen LogP contribution in [0, 0.1) is 0 Å². The van der Waals surface area contributed by atoms with Gasteiger partial charge in [-0.05, 0) is 32.5 Å². The molecule has 0 aliphatic heterocycles. The Kier molecular flexibility index (Phi) is 9.40. The van der Waals surface area contributed by atoms with Gasteiger partial charge in [-0.2, -0.15) is 0 Å². The van der Waals surface area contributed by atoms with Crippen LogP contribution in [-0.2, 0) is 9.47 Å². The standard InChI is InChI=1S/C12H26N2O2S/c1-6-11(3)14(7-8-15-4)12(17)13-10(2)9-16-5/h10-11H,6-9H2,1-5H3,(H,13,17). The van der Waals surface area contributed by atoms with Crippen molar-refractivity contribution in [3.05, 3.63) is 0 Å². The fourth-order valence-corrected chi connectivity index (χ4v) is 1.99. The highest BCUT2D eigenvalue weighted by atomic mass is 32.1. The Morgan fingerprint density at radius 1 is 1.29 bits per heavy atom. The van der Waals surface area contributed by atoms with Crippen LogP contribution in [0.1, 0.15) is 27.2 Å². The number of rotatable bonds is 8. The van der Waals surface area contributed by atoms with Crippen LogP contribution in [0.25, 0.3) is 0 Å². The van der Waals surface area contributed by atoms with E-state index in [1.54, 1.807) is 14.2 Å². The van der Waals surface area contributed by atoms with Gasteiger partial charge >= 0.3 is 0 Å². The highest BCUT2D eigenvalue weighted by Gasteiger charge is 2.16. The fraction of sp³-hybridized carbons (Fsp3) is 0.917. The molecule has 0 aliphatic rings. The first-order valence-corrected chi connectivity index (χ1v) is 6.52. The molecule has 0 spiro atoms. The maximum absolute atomic E-state index is 5.43. The number of methoxy groups -OCH3 is 2. The average Bonchev–Trinajstić information content (AvgIpc) is 2.29. The Hall–Kier alpha value is -0.390. The van der Waals surface area contributed by atoms with Gasteiger partial charge in [-0.15, -0.1) is 0 Å². The second kappa shape index (κ2) is 9.62. The number of nitrogens with one attached hydrogen (secondary N) is 1. The number of hydrogen-bond donors (Lipinski definition) is 1. The van der Waals surface area contributed by atoms with E-state index in [-0.39, 0.29) is 6.04 Å². The maximum Gasteiger partial charge on any atom is 0.169 e. The molecule has 0 aromatic carbocycles. The quantitative estimate of drug-likeness (QED) is 0.673. The number of ether oxygens (including phenoxy) is 2. The van der Waals surface area contributed by atoms with Crippen LogP contribution in [0.5, 0.6) is 0 Å². The first kappa shape index (κ1) is 16.6. The number of thiocarbonyl (C=S) groups is 1. The van der Waals surface area contributed by atoms with Crippen molar-refractivity contribution in [1.29, 1.82) is 0 Å². The second-order valence-electron chi connectivity index (χ2n) is 4.25. The lowest BCUT2D eigenvalue weighted by Gasteiger charge is -2.32. The zero-order valence-corrected chi connectivity index (χ0v) is 12.5. The van der Waals surface area contributed by atoms with Crippen LogP contribution in [0.15, 0.2) is 0 Å². The molecule has 17 heavy (non-hydrogen) atoms. The Balaban J connectivity index is 4.30. The van der Waals surface area contributed by atoms with E-state index >= 15 is 0 Å². The average molecular weight is 262 g/mol. The predicted molar refractivity (Wildman–Crippen MR) is 75.4 cm³/mol. The summed E-state index contributed by atoms with van der Waals surface area (Å²) >= 11 is 5.43. The molecule has 0 aliphatic carbocycles. The van der Waals surface area contributed by atoms with Crippen molar-refractivity contribution < 1.29 is 9.47 Å². The molecule has 0 aromatic heterocycles. The lowest BCUT2D eigenvalue weighted by Crippen LogP contribution is -2.49. The first-order chi connectivity index (χ1) is 8.06. The van der Waals surface area contributed by atoms with Gasteiger partial charge in [-0.25, -0.2) is 0 Å². The van der Waals surface area contributed by atoms with E-state index in [9.17, 15) is 0 Å². The van der Waals surface area contributed by atoms with Gasteiger partial charge in [0.2, 0.25) is 0 Å². The normalized spacial score (nSPS) is 14.2. The topological polar surface area (TPSA) is 33.7 Å². The molecular formula is C12H26N2O2S. The smallest absolute Gasteiger partial charge is 0.169 e. The van der Waals surface area contributed by atoms with Crippen LogP contribution >= 0.6 is 12.2 Å². The van der Waals surface area contributed by atoms with E-state index in [0.29, 0.717) is 19.3 Å². The lowest BCUT2D eigenvalue weighted by molar-refractivity contribution is 0.157. The van der Waals surface area contributed by atoms with Crippen molar-refractivity contribution in [3.63, 3.8) is 0 Å². The zero-order valence-electron chi connectivity index (χ0n) is 11.7. The molecule has 0 aromatic rings. The van der Waals surface area contributed by atoms with Crippen LogP contribution < -0.4 is 5.32 Å². The van der Waals surface area contributed by atoms with Crippen LogP contribution in [-0.4, -0.2) is 56.1 Å². The van der Waals surface area contributed by atoms with Gasteiger partial charge in [-0.3, -0.25) is 0 Å². The van der Waals surface area contributed by atoms with Crippen molar-refractivity contribution in [2.45, 2.75) is 39.3 Å². The van der Waals surface area contributed by atoms with Crippen LogP contribution in [0.4, 0.5) is 0 Å². The summed E-state index contributed by atoms with van der Waals surface area (Å²) in [6, 6.07) is 0.640. The van der Waals surface area contributed by atoms with Gasteiger partial charge in [0, 0.05) is 32.8 Å². The third-order valence-electron chi connectivity index (χ3n) is 2.71. The summed E-state index contributed by atoms with van der Waals surface area (Å²) in [7, 11) is 3.40. The summed E-state index contributed by atoms with van der Waals surface area (Å²) < 4.78 is 10.2. The minimum Gasteiger partial charge on any atom is -0.383 e. The van der Waals surface area contributed by atoms with Crippen molar-refractivity contribution in [3.8, 4) is 0 Å². The fourth-order valence-electron chi connectivity index (χ4n) is 1.52. The summed E-state index contributed by atoms with van der Waals surface area (Å²) in [4.78, 5) is 2.17. The van der Waals surface area contributed by atoms with E-state index in [1.807, 2.05) is 0 Å². The third-order valence-corrected chi connectivity index (χ3v) is 3.06. The SMILES string of the molecule is CCC(C)N(CCOC)C(=S)NC(C)COC. The molecule has 0 rings (SSSR count). The summed E-state index contributed by atoms with van der Waals surface area (Å²) in [6.07, 6.45) is 1.06. The maximum atomic E-state index is 5.43. The molecule has 4 nitrogen and oxygen atoms in total. The summed E-state index contributed by atoms with van der Waals surface area (Å²) in [5.41, 5.74) is 0. The van der Waals surface area contributed by atoms with Crippen molar-refractivity contribution >= 4 is 17.3 Å². The molecule has 102 valence electrons. The molecule has 0 saturated carbocycles. The van der Waals surface area contributed by atoms with Crippen molar-refractivity contribution in [1.82, 2.24) is 10.2 Å². The van der Waals surface area contributed by atoms with Crippen molar-refractivity contribution in [2.75, 3.05) is 34.0 Å². The monoisotopic (exact) mass is 262 g/mol. The minimum atomic E-state index is 0.224. The minimum absolute atomic E-state index is 0.224. The Morgan fingerprint density at radius 2 is 1.94 bits per heavy atom. The van der Waals surface area contributed by atoms with Crippen LogP contribution in [0.3, 0.4) is 0 Å². The van der Waals surface area contributed by atoms with E-state index in [2.05, 4.69) is 31.0 Å². The summed E-state index contributed by atoms with van der Waals surface area (Å²) in [6.45, 7) is 8.54. The van der Waals surface area contributed by atoms with E-state index in [1.165, 1.54) is 0 Å². The molecule has 0 heterocycles. The molecule has 5 heteroatoms. The van der Waals surface area contributed by atoms with Crippen molar-refractivity contribution in [2.24, 2.45) is 0 Å². The molecule has 2 atom stereocenters. The molecule has 1 N–H and O–H groups in total. The number of hydrogen-bond acceptors (Lipinski definition) is 3. The largest absolute Gasteiger partial charge is 0.383 e. The molecular weight excluding hydrogens is 236 g/mol. The van der Waals surface area contributed by atoms with Gasteiger partial charge in [-0.1, -0.05) is 6.92 Å². The van der Waals surface area contributed by atoms with Gasteiger partial charge in [0.25, 0.3) is 0 Å². The second-order valence-corrected chi connectivity index (χ2v) is 4.64. The highest BCUT2D eigenvalue weighted by Crippen LogP contribution is 2.04. The van der Waals surface area contributed by atoms with Crippen LogP contribution in [0.2, 0.25) is 0 Å². The molecule has 0 bridgehead atoms. The molecule has 0 fully saturated rings. The number of nitrogens with zero attached hydrogens (tertiary/aromatic N) is 1. The molecule has 2 unspecified atom stereocenters. The molecule has 0 amide bonds. The Bertz CT molecular complexity index is 215. The van der Waals surface area contributed by atoms with Gasteiger partial charge in [0.05, 0.1) is 13.2 Å². The Morgan fingerprint density at radius 3 is 2.41 bits per heavy atom. The Labute approximate surface area is 111 Å². The lowest BCUT2D eigenvalue weighted by atomic mass is 10.2. The van der Waals surface area contributed by atoms with Gasteiger partial charge in [0.1, 0.15) is 0 Å². The third kappa shape index (κ3) is 6.81.